The smallest absolute Gasteiger partial charge is 0.321 e. The Morgan fingerprint density at radius 3 is 2.62 bits per heavy atom. The Labute approximate surface area is 218 Å². The molecular formula is C28H38N4O5. The van der Waals surface area contributed by atoms with Gasteiger partial charge in [0.25, 0.3) is 5.91 Å². The molecule has 0 bridgehead atoms. The lowest BCUT2D eigenvalue weighted by molar-refractivity contribution is -0.138. The van der Waals surface area contributed by atoms with Crippen LogP contribution >= 0.6 is 0 Å². The first-order chi connectivity index (χ1) is 17.9. The Morgan fingerprint density at radius 1 is 1.22 bits per heavy atom. The van der Waals surface area contributed by atoms with Crippen LogP contribution in [-0.2, 0) is 4.79 Å². The first-order valence-corrected chi connectivity index (χ1v) is 13.4. The predicted molar refractivity (Wildman–Crippen MR) is 141 cm³/mol. The third-order valence-corrected chi connectivity index (χ3v) is 7.65. The molecule has 0 radical (unpaired) electrons. The molecule has 9 heteroatoms. The molecule has 3 N–H and O–H groups in total. The number of nitrogens with zero attached hydrogens (tertiary/aromatic N) is 3. The molecule has 1 atom stereocenters. The lowest BCUT2D eigenvalue weighted by Crippen LogP contribution is -2.32. The molecule has 9 nitrogen and oxygen atoms in total. The number of aliphatic carboxylic acids is 1. The molecule has 1 aromatic carbocycles. The molecule has 0 saturated heterocycles. The van der Waals surface area contributed by atoms with Crippen molar-refractivity contribution in [1.82, 2.24) is 9.97 Å². The Morgan fingerprint density at radius 2 is 1.95 bits per heavy atom. The average Bonchev–Trinajstić information content (AvgIpc) is 3.05. The summed E-state index contributed by atoms with van der Waals surface area (Å²) in [6, 6.07) is 8.16. The summed E-state index contributed by atoms with van der Waals surface area (Å²) >= 11 is 0. The SMILES string of the molecule is CCC(C)CCCOc1nc(N)c2c(n1)OCCN(c1ccc(C3CCC(CC(=O)O)CC3)cc1)C2=O. The quantitative estimate of drug-likeness (QED) is 0.425. The number of amides is 1. The number of carbonyl (C=O) groups is 2. The molecule has 37 heavy (non-hydrogen) atoms. The number of carboxylic acid groups (broad SMARTS) is 1. The summed E-state index contributed by atoms with van der Waals surface area (Å²) in [6.45, 7) is 5.50. The highest BCUT2D eigenvalue weighted by molar-refractivity contribution is 6.10. The minimum Gasteiger partial charge on any atom is -0.481 e. The van der Waals surface area contributed by atoms with E-state index >= 15 is 0 Å². The van der Waals surface area contributed by atoms with Gasteiger partial charge in [-0.05, 0) is 74.0 Å². The van der Waals surface area contributed by atoms with E-state index in [1.807, 2.05) is 12.1 Å². The summed E-state index contributed by atoms with van der Waals surface area (Å²) in [7, 11) is 0. The molecule has 4 rings (SSSR count). The highest BCUT2D eigenvalue weighted by Crippen LogP contribution is 2.38. The van der Waals surface area contributed by atoms with Gasteiger partial charge >= 0.3 is 12.0 Å². The van der Waals surface area contributed by atoms with E-state index in [-0.39, 0.29) is 48.1 Å². The van der Waals surface area contributed by atoms with Crippen molar-refractivity contribution < 1.29 is 24.2 Å². The van der Waals surface area contributed by atoms with E-state index in [1.54, 1.807) is 4.90 Å². The van der Waals surface area contributed by atoms with Crippen LogP contribution in [0.1, 0.15) is 87.1 Å². The summed E-state index contributed by atoms with van der Waals surface area (Å²) in [5.74, 6) is 0.520. The van der Waals surface area contributed by atoms with Gasteiger partial charge in [0.2, 0.25) is 5.88 Å². The lowest BCUT2D eigenvalue weighted by Gasteiger charge is -2.28. The van der Waals surface area contributed by atoms with Gasteiger partial charge in [0, 0.05) is 12.1 Å². The summed E-state index contributed by atoms with van der Waals surface area (Å²) in [6.07, 6.45) is 7.17. The summed E-state index contributed by atoms with van der Waals surface area (Å²) in [5.41, 5.74) is 8.32. The number of nitrogen functional groups attached to an aromatic ring is 1. The van der Waals surface area contributed by atoms with Crippen molar-refractivity contribution in [2.24, 2.45) is 11.8 Å². The number of benzene rings is 1. The van der Waals surface area contributed by atoms with Crippen LogP contribution < -0.4 is 20.1 Å². The Balaban J connectivity index is 1.41. The lowest BCUT2D eigenvalue weighted by atomic mass is 9.77. The molecular weight excluding hydrogens is 472 g/mol. The predicted octanol–water partition coefficient (Wildman–Crippen LogP) is 5.05. The van der Waals surface area contributed by atoms with Gasteiger partial charge in [-0.25, -0.2) is 0 Å². The zero-order valence-corrected chi connectivity index (χ0v) is 21.8. The fraction of sp³-hybridized carbons (Fsp3) is 0.571. The second kappa shape index (κ2) is 12.3. The van der Waals surface area contributed by atoms with Gasteiger partial charge in [0.15, 0.2) is 0 Å². The molecule has 1 amide bonds. The van der Waals surface area contributed by atoms with Gasteiger partial charge in [-0.2, -0.15) is 9.97 Å². The molecule has 2 heterocycles. The summed E-state index contributed by atoms with van der Waals surface area (Å²) < 4.78 is 11.5. The second-order valence-electron chi connectivity index (χ2n) is 10.3. The van der Waals surface area contributed by atoms with Crippen LogP contribution in [0.25, 0.3) is 0 Å². The Bertz CT molecular complexity index is 1080. The van der Waals surface area contributed by atoms with E-state index in [0.29, 0.717) is 25.0 Å². The number of carboxylic acids is 1. The van der Waals surface area contributed by atoms with Crippen molar-refractivity contribution >= 4 is 23.4 Å². The number of ether oxygens (including phenoxy) is 2. The van der Waals surface area contributed by atoms with Gasteiger partial charge in [-0.1, -0.05) is 32.4 Å². The Kier molecular flexibility index (Phi) is 8.84. The van der Waals surface area contributed by atoms with Crippen LogP contribution in [0.2, 0.25) is 0 Å². The highest BCUT2D eigenvalue weighted by Gasteiger charge is 2.30. The molecule has 1 aromatic heterocycles. The molecule has 1 aliphatic heterocycles. The molecule has 1 fully saturated rings. The van der Waals surface area contributed by atoms with Crippen LogP contribution in [0.3, 0.4) is 0 Å². The van der Waals surface area contributed by atoms with Gasteiger partial charge in [-0.3, -0.25) is 9.59 Å². The van der Waals surface area contributed by atoms with Crippen molar-refractivity contribution in [2.75, 3.05) is 30.4 Å². The highest BCUT2D eigenvalue weighted by atomic mass is 16.5. The standard InChI is InChI=1S/C28H38N4O5/c1-3-18(2)5-4-15-37-28-30-25(29)24-26(31-28)36-16-14-32(27(24)35)22-12-10-21(11-13-22)20-8-6-19(7-9-20)17-23(33)34/h10-13,18-20H,3-9,14-17H2,1-2H3,(H,33,34)(H2,29,30,31). The van der Waals surface area contributed by atoms with Gasteiger partial charge < -0.3 is 25.2 Å². The molecule has 200 valence electrons. The molecule has 0 spiro atoms. The van der Waals surface area contributed by atoms with Gasteiger partial charge in [-0.15, -0.1) is 0 Å². The zero-order chi connectivity index (χ0) is 26.4. The average molecular weight is 511 g/mol. The van der Waals surface area contributed by atoms with Crippen molar-refractivity contribution in [3.05, 3.63) is 35.4 Å². The largest absolute Gasteiger partial charge is 0.481 e. The first kappa shape index (κ1) is 26.7. The van der Waals surface area contributed by atoms with E-state index in [9.17, 15) is 9.59 Å². The first-order valence-electron chi connectivity index (χ1n) is 13.4. The number of aromatic nitrogens is 2. The third-order valence-electron chi connectivity index (χ3n) is 7.65. The van der Waals surface area contributed by atoms with Crippen LogP contribution in [0, 0.1) is 11.8 Å². The number of fused-ring (bicyclic) bond motifs is 1. The third kappa shape index (κ3) is 6.70. The van der Waals surface area contributed by atoms with E-state index in [0.717, 1.165) is 50.6 Å². The minimum atomic E-state index is -0.715. The van der Waals surface area contributed by atoms with Crippen LogP contribution in [0.15, 0.2) is 24.3 Å². The maximum atomic E-state index is 13.4. The van der Waals surface area contributed by atoms with Crippen LogP contribution in [0.5, 0.6) is 11.9 Å². The normalized spacial score (nSPS) is 20.5. The van der Waals surface area contributed by atoms with E-state index in [4.69, 9.17) is 20.3 Å². The number of anilines is 2. The van der Waals surface area contributed by atoms with Crippen LogP contribution in [0.4, 0.5) is 11.5 Å². The zero-order valence-electron chi connectivity index (χ0n) is 21.8. The monoisotopic (exact) mass is 510 g/mol. The van der Waals surface area contributed by atoms with E-state index < -0.39 is 5.97 Å². The van der Waals surface area contributed by atoms with E-state index in [2.05, 4.69) is 35.9 Å². The molecule has 1 aliphatic carbocycles. The van der Waals surface area contributed by atoms with Crippen molar-refractivity contribution in [3.63, 3.8) is 0 Å². The maximum Gasteiger partial charge on any atom is 0.321 e. The van der Waals surface area contributed by atoms with Crippen molar-refractivity contribution in [3.8, 4) is 11.9 Å². The number of nitrogens with two attached hydrogens (primary N) is 1. The molecule has 1 saturated carbocycles. The minimum absolute atomic E-state index is 0.0496. The fourth-order valence-corrected chi connectivity index (χ4v) is 5.20. The number of rotatable bonds is 10. The van der Waals surface area contributed by atoms with Gasteiger partial charge in [0.1, 0.15) is 18.0 Å². The molecule has 2 aromatic rings. The number of hydrogen-bond donors (Lipinski definition) is 2. The van der Waals surface area contributed by atoms with Crippen molar-refractivity contribution in [2.45, 2.75) is 71.1 Å². The molecule has 2 aliphatic rings. The number of carbonyl (C=O) groups excluding carboxylic acids is 1. The van der Waals surface area contributed by atoms with E-state index in [1.165, 1.54) is 5.56 Å². The summed E-state index contributed by atoms with van der Waals surface area (Å²) in [4.78, 5) is 34.6. The maximum absolute atomic E-state index is 13.4. The van der Waals surface area contributed by atoms with Crippen LogP contribution in [-0.4, -0.2) is 46.7 Å². The summed E-state index contributed by atoms with van der Waals surface area (Å²) in [5, 5.41) is 9.04. The van der Waals surface area contributed by atoms with Crippen molar-refractivity contribution in [1.29, 1.82) is 0 Å². The van der Waals surface area contributed by atoms with Gasteiger partial charge in [0.05, 0.1) is 13.2 Å². The Hall–Kier alpha value is -3.36. The topological polar surface area (TPSA) is 128 Å². The molecule has 1 unspecified atom stereocenters. The second-order valence-corrected chi connectivity index (χ2v) is 10.3. The fourth-order valence-electron chi connectivity index (χ4n) is 5.20. The number of hydrogen-bond acceptors (Lipinski definition) is 7.